The first kappa shape index (κ1) is 10.5. The van der Waals surface area contributed by atoms with E-state index in [1.54, 1.807) is 7.11 Å². The summed E-state index contributed by atoms with van der Waals surface area (Å²) < 4.78 is 5.15. The largest absolute Gasteiger partial charge is 0.497 e. The Labute approximate surface area is 89.8 Å². The van der Waals surface area contributed by atoms with Crippen LogP contribution in [0.5, 0.6) is 5.75 Å². The lowest BCUT2D eigenvalue weighted by Crippen LogP contribution is -2.25. The Kier molecular flexibility index (Phi) is 2.98. The summed E-state index contributed by atoms with van der Waals surface area (Å²) >= 11 is 0. The maximum atomic E-state index is 9.15. The first-order valence-corrected chi connectivity index (χ1v) is 5.22. The maximum absolute atomic E-state index is 9.15. The van der Waals surface area contributed by atoms with Crippen molar-refractivity contribution >= 4 is 7.12 Å². The van der Waals surface area contributed by atoms with Crippen LogP contribution in [0.3, 0.4) is 0 Å². The van der Waals surface area contributed by atoms with Crippen LogP contribution in [0.4, 0.5) is 0 Å². The fourth-order valence-electron chi connectivity index (χ4n) is 2.14. The molecule has 0 aromatic heterocycles. The lowest BCUT2D eigenvalue weighted by Gasteiger charge is -2.24. The van der Waals surface area contributed by atoms with Gasteiger partial charge in [-0.05, 0) is 48.3 Å². The Bertz CT molecular complexity index is 352. The zero-order valence-corrected chi connectivity index (χ0v) is 8.81. The van der Waals surface area contributed by atoms with Gasteiger partial charge in [-0.2, -0.15) is 0 Å². The Morgan fingerprint density at radius 1 is 1.33 bits per heavy atom. The zero-order chi connectivity index (χ0) is 10.8. The predicted molar refractivity (Wildman–Crippen MR) is 59.0 cm³/mol. The molecule has 0 saturated carbocycles. The summed E-state index contributed by atoms with van der Waals surface area (Å²) in [4.78, 5) is 0. The summed E-state index contributed by atoms with van der Waals surface area (Å²) in [6.45, 7) is 0. The molecule has 1 aromatic carbocycles. The van der Waals surface area contributed by atoms with Crippen LogP contribution in [-0.4, -0.2) is 24.3 Å². The van der Waals surface area contributed by atoms with E-state index in [-0.39, 0.29) is 5.82 Å². The summed E-state index contributed by atoms with van der Waals surface area (Å²) in [6.07, 6.45) is 2.49. The number of benzene rings is 1. The van der Waals surface area contributed by atoms with Crippen LogP contribution in [0.15, 0.2) is 18.2 Å². The highest BCUT2D eigenvalue weighted by molar-refractivity contribution is 6.43. The normalized spacial score (nSPS) is 19.5. The number of hydrogen-bond donors (Lipinski definition) is 2. The van der Waals surface area contributed by atoms with Gasteiger partial charge in [0.25, 0.3) is 0 Å². The number of methoxy groups -OCH3 is 1. The predicted octanol–water partition coefficient (Wildman–Crippen LogP) is 1.03. The average molecular weight is 206 g/mol. The highest BCUT2D eigenvalue weighted by Crippen LogP contribution is 2.32. The second kappa shape index (κ2) is 4.25. The Morgan fingerprint density at radius 2 is 2.13 bits per heavy atom. The van der Waals surface area contributed by atoms with E-state index in [1.165, 1.54) is 11.1 Å². The van der Waals surface area contributed by atoms with Gasteiger partial charge >= 0.3 is 7.12 Å². The molecule has 1 atom stereocenters. The fraction of sp³-hybridized carbons (Fsp3) is 0.455. The first-order chi connectivity index (χ1) is 7.20. The molecule has 2 rings (SSSR count). The van der Waals surface area contributed by atoms with Crippen molar-refractivity contribution in [3.05, 3.63) is 29.3 Å². The maximum Gasteiger partial charge on any atom is 0.455 e. The van der Waals surface area contributed by atoms with Gasteiger partial charge in [-0.15, -0.1) is 0 Å². The lowest BCUT2D eigenvalue weighted by molar-refractivity contribution is 0.373. The monoisotopic (exact) mass is 206 g/mol. The van der Waals surface area contributed by atoms with Crippen molar-refractivity contribution in [3.8, 4) is 5.75 Å². The van der Waals surface area contributed by atoms with Gasteiger partial charge < -0.3 is 14.8 Å². The highest BCUT2D eigenvalue weighted by Gasteiger charge is 2.27. The van der Waals surface area contributed by atoms with E-state index in [0.717, 1.165) is 25.0 Å². The molecule has 0 saturated heterocycles. The molecule has 0 amide bonds. The van der Waals surface area contributed by atoms with E-state index < -0.39 is 7.12 Å². The van der Waals surface area contributed by atoms with E-state index >= 15 is 0 Å². The summed E-state index contributed by atoms with van der Waals surface area (Å²) in [6, 6.07) is 6.01. The standard InChI is InChI=1S/C11H15BO3/c1-15-11-5-3-8-2-4-10(12(13)14)6-9(8)7-11/h3,5,7,10,13-14H,2,4,6H2,1H3/t10-/m0/s1. The van der Waals surface area contributed by atoms with Crippen LogP contribution in [0, 0.1) is 0 Å². The van der Waals surface area contributed by atoms with Crippen molar-refractivity contribution in [1.29, 1.82) is 0 Å². The van der Waals surface area contributed by atoms with Gasteiger partial charge in [-0.1, -0.05) is 6.07 Å². The van der Waals surface area contributed by atoms with E-state index in [0.29, 0.717) is 0 Å². The number of fused-ring (bicyclic) bond motifs is 1. The Morgan fingerprint density at radius 3 is 2.80 bits per heavy atom. The first-order valence-electron chi connectivity index (χ1n) is 5.22. The summed E-state index contributed by atoms with van der Waals surface area (Å²) in [5.74, 6) is 0.798. The van der Waals surface area contributed by atoms with E-state index in [9.17, 15) is 0 Å². The van der Waals surface area contributed by atoms with Gasteiger partial charge in [-0.3, -0.25) is 0 Å². The molecule has 0 radical (unpaired) electrons. The molecular formula is C11H15BO3. The minimum absolute atomic E-state index is 0.0374. The van der Waals surface area contributed by atoms with Gasteiger partial charge in [0, 0.05) is 0 Å². The molecule has 1 aromatic rings. The zero-order valence-electron chi connectivity index (χ0n) is 8.81. The van der Waals surface area contributed by atoms with Crippen LogP contribution < -0.4 is 4.74 Å². The smallest absolute Gasteiger partial charge is 0.455 e. The summed E-state index contributed by atoms with van der Waals surface area (Å²) in [5.41, 5.74) is 2.48. The molecule has 1 aliphatic carbocycles. The molecule has 0 spiro atoms. The molecule has 0 aliphatic heterocycles. The Balaban J connectivity index is 2.23. The molecule has 1 aliphatic rings. The number of hydrogen-bond acceptors (Lipinski definition) is 3. The SMILES string of the molecule is COc1ccc2c(c1)C[C@@H](B(O)O)CC2. The molecule has 15 heavy (non-hydrogen) atoms. The van der Waals surface area contributed by atoms with Crippen molar-refractivity contribution in [2.24, 2.45) is 0 Å². The van der Waals surface area contributed by atoms with Gasteiger partial charge in [0.2, 0.25) is 0 Å². The average Bonchev–Trinajstić information content (AvgIpc) is 2.27. The molecule has 0 unspecified atom stereocenters. The molecule has 0 fully saturated rings. The van der Waals surface area contributed by atoms with Gasteiger partial charge in [-0.25, -0.2) is 0 Å². The van der Waals surface area contributed by atoms with Crippen molar-refractivity contribution in [3.63, 3.8) is 0 Å². The second-order valence-corrected chi connectivity index (χ2v) is 4.05. The molecule has 2 N–H and O–H groups in total. The minimum Gasteiger partial charge on any atom is -0.497 e. The van der Waals surface area contributed by atoms with Crippen LogP contribution in [0.25, 0.3) is 0 Å². The van der Waals surface area contributed by atoms with Gasteiger partial charge in [0.05, 0.1) is 7.11 Å². The van der Waals surface area contributed by atoms with Gasteiger partial charge in [0.1, 0.15) is 5.75 Å². The number of aryl methyl sites for hydroxylation is 1. The summed E-state index contributed by atoms with van der Waals surface area (Å²) in [7, 11) is 0.437. The topological polar surface area (TPSA) is 49.7 Å². The van der Waals surface area contributed by atoms with Crippen LogP contribution in [0.1, 0.15) is 17.5 Å². The number of rotatable bonds is 2. The van der Waals surface area contributed by atoms with Gasteiger partial charge in [0.15, 0.2) is 0 Å². The van der Waals surface area contributed by atoms with Crippen LogP contribution >= 0.6 is 0 Å². The fourth-order valence-corrected chi connectivity index (χ4v) is 2.14. The molecule has 4 heteroatoms. The van der Waals surface area contributed by atoms with Crippen molar-refractivity contribution in [2.45, 2.75) is 25.1 Å². The third kappa shape index (κ3) is 2.16. The van der Waals surface area contributed by atoms with Crippen molar-refractivity contribution in [2.75, 3.05) is 7.11 Å². The third-order valence-corrected chi connectivity index (χ3v) is 3.10. The van der Waals surface area contributed by atoms with E-state index in [2.05, 4.69) is 6.07 Å². The van der Waals surface area contributed by atoms with E-state index in [1.807, 2.05) is 12.1 Å². The minimum atomic E-state index is -1.20. The quantitative estimate of drug-likeness (QED) is 0.710. The molecule has 0 bridgehead atoms. The Hall–Kier alpha value is -0.995. The molecule has 80 valence electrons. The molecular weight excluding hydrogens is 191 g/mol. The van der Waals surface area contributed by atoms with E-state index in [4.69, 9.17) is 14.8 Å². The third-order valence-electron chi connectivity index (χ3n) is 3.10. The van der Waals surface area contributed by atoms with Crippen LogP contribution in [-0.2, 0) is 12.8 Å². The molecule has 0 heterocycles. The molecule has 3 nitrogen and oxygen atoms in total. The van der Waals surface area contributed by atoms with Crippen molar-refractivity contribution < 1.29 is 14.8 Å². The lowest BCUT2D eigenvalue weighted by atomic mass is 9.64. The highest BCUT2D eigenvalue weighted by atomic mass is 16.5. The van der Waals surface area contributed by atoms with Crippen LogP contribution in [0.2, 0.25) is 5.82 Å². The number of ether oxygens (including phenoxy) is 1. The second-order valence-electron chi connectivity index (χ2n) is 4.05. The van der Waals surface area contributed by atoms with Crippen molar-refractivity contribution in [1.82, 2.24) is 0 Å². The summed E-state index contributed by atoms with van der Waals surface area (Å²) in [5, 5.41) is 18.3.